The van der Waals surface area contributed by atoms with Crippen LogP contribution in [0, 0.1) is 0 Å². The van der Waals surface area contributed by atoms with Gasteiger partial charge in [0.25, 0.3) is 0 Å². The summed E-state index contributed by atoms with van der Waals surface area (Å²) in [5, 5.41) is 0. The average Bonchev–Trinajstić information content (AvgIpc) is 0.918. The summed E-state index contributed by atoms with van der Waals surface area (Å²) in [5.41, 5.74) is 0. The Balaban J connectivity index is -0.0000000200. The molecular formula is H2AgHgI2S. The Morgan fingerprint density at radius 2 is 1.20 bits per heavy atom. The van der Waals surface area contributed by atoms with E-state index in [0.717, 1.165) is 0 Å². The van der Waals surface area contributed by atoms with Crippen LogP contribution >= 0.6 is 48.8 Å². The van der Waals surface area contributed by atoms with Gasteiger partial charge in [-0.3, -0.25) is 0 Å². The second-order valence-electron chi connectivity index (χ2n) is 0.101. The summed E-state index contributed by atoms with van der Waals surface area (Å²) in [4.78, 5) is 0. The fraction of sp³-hybridized carbons (Fsp3) is 0. The average molecular weight is 596 g/mol. The molecule has 0 aliphatic carbocycles. The van der Waals surface area contributed by atoms with Crippen LogP contribution in [0.25, 0.3) is 0 Å². The van der Waals surface area contributed by atoms with E-state index < -0.39 is 0 Å². The van der Waals surface area contributed by atoms with Crippen molar-refractivity contribution < 1.29 is 38.3 Å². The summed E-state index contributed by atoms with van der Waals surface area (Å²) >= 11 is 4.85. The van der Waals surface area contributed by atoms with Gasteiger partial charge >= 0.3 is 51.2 Å². The van der Waals surface area contributed by atoms with Crippen molar-refractivity contribution in [2.75, 3.05) is 0 Å². The van der Waals surface area contributed by atoms with Crippen molar-refractivity contribution in [1.82, 2.24) is 0 Å². The Kier molecular flexibility index (Phi) is 49.5. The molecule has 0 amide bonds. The van der Waals surface area contributed by atoms with Crippen molar-refractivity contribution in [3.63, 3.8) is 0 Å². The standard InChI is InChI=1S/Ag.Hg.2HI.H2S/h;;2*1H;1H2/q;+2;;;/p-2. The number of halogens is 2. The normalized spacial score (nSPS) is 2.00. The van der Waals surface area contributed by atoms with E-state index in [-0.39, 0.29) is 51.8 Å². The summed E-state index contributed by atoms with van der Waals surface area (Å²) in [6.45, 7) is 0. The summed E-state index contributed by atoms with van der Waals surface area (Å²) < 4.78 is 0. The van der Waals surface area contributed by atoms with Crippen LogP contribution < -0.4 is 0 Å². The van der Waals surface area contributed by atoms with Gasteiger partial charge in [0.05, 0.1) is 0 Å². The van der Waals surface area contributed by atoms with E-state index in [9.17, 15) is 0 Å². The molecule has 0 atom stereocenters. The molecule has 0 saturated heterocycles. The predicted molar refractivity (Wildman–Crippen MR) is 38.4 cm³/mol. The van der Waals surface area contributed by atoms with Gasteiger partial charge in [-0.25, -0.2) is 0 Å². The summed E-state index contributed by atoms with van der Waals surface area (Å²) in [7, 11) is 0. The van der Waals surface area contributed by atoms with Crippen molar-refractivity contribution >= 4 is 48.8 Å². The SMILES string of the molecule is S.[Ag].[I][Hg][I]. The first-order chi connectivity index (χ1) is 1.41. The van der Waals surface area contributed by atoms with E-state index in [4.69, 9.17) is 0 Å². The van der Waals surface area contributed by atoms with Crippen molar-refractivity contribution in [2.24, 2.45) is 0 Å². The van der Waals surface area contributed by atoms with Gasteiger partial charge in [-0.05, 0) is 0 Å². The Morgan fingerprint density at radius 3 is 1.20 bits per heavy atom. The van der Waals surface area contributed by atoms with E-state index >= 15 is 0 Å². The van der Waals surface area contributed by atoms with Gasteiger partial charge in [0.2, 0.25) is 0 Å². The molecule has 0 aromatic heterocycles. The van der Waals surface area contributed by atoms with Gasteiger partial charge in [-0.1, -0.05) is 0 Å². The van der Waals surface area contributed by atoms with E-state index in [1.165, 1.54) is 0 Å². The minimum absolute atomic E-state index is 0. The van der Waals surface area contributed by atoms with Crippen LogP contribution in [-0.4, -0.2) is 0 Å². The third-order valence-corrected chi connectivity index (χ3v) is 0. The van der Waals surface area contributed by atoms with Gasteiger partial charge in [0.15, 0.2) is 0 Å². The van der Waals surface area contributed by atoms with Crippen LogP contribution in [0.5, 0.6) is 0 Å². The summed E-state index contributed by atoms with van der Waals surface area (Å²) in [6.07, 6.45) is 0. The number of hydrogen-bond acceptors (Lipinski definition) is 0. The van der Waals surface area contributed by atoms with Crippen LogP contribution in [-0.2, 0) is 38.3 Å². The zero-order valence-electron chi connectivity index (χ0n) is 2.26. The van der Waals surface area contributed by atoms with Gasteiger partial charge in [0.1, 0.15) is 0 Å². The molecule has 0 saturated carbocycles. The summed E-state index contributed by atoms with van der Waals surface area (Å²) in [5.74, 6) is 0. The van der Waals surface area contributed by atoms with Gasteiger partial charge in [-0.2, -0.15) is 13.5 Å². The molecule has 0 unspecified atom stereocenters. The van der Waals surface area contributed by atoms with E-state index in [1.54, 1.807) is 0 Å². The van der Waals surface area contributed by atoms with Crippen LogP contribution in [0.4, 0.5) is 0 Å². The molecule has 0 aliphatic heterocycles. The molecule has 0 fully saturated rings. The Hall–Kier alpha value is 3.49. The second kappa shape index (κ2) is 15.6. The first-order valence-electron chi connectivity index (χ1n) is 0.535. The van der Waals surface area contributed by atoms with E-state index in [2.05, 4.69) is 35.3 Å². The molecule has 0 aromatic carbocycles. The topological polar surface area (TPSA) is 0 Å². The first kappa shape index (κ1) is 15.8. The van der Waals surface area contributed by atoms with Crippen LogP contribution in [0.15, 0.2) is 0 Å². The maximum absolute atomic E-state index is 2.50. The Morgan fingerprint density at radius 1 is 1.20 bits per heavy atom. The van der Waals surface area contributed by atoms with Crippen molar-refractivity contribution in [1.29, 1.82) is 0 Å². The zero-order valence-corrected chi connectivity index (χ0v) is 14.6. The molecule has 1 radical (unpaired) electrons. The molecule has 0 nitrogen and oxygen atoms in total. The fourth-order valence-corrected chi connectivity index (χ4v) is 0. The van der Waals surface area contributed by atoms with Crippen molar-refractivity contribution in [3.05, 3.63) is 0 Å². The Labute approximate surface area is 84.7 Å². The molecule has 0 bridgehead atoms. The maximum atomic E-state index is 2.50. The van der Waals surface area contributed by atoms with E-state index in [0.29, 0.717) is 0 Å². The minimum atomic E-state index is -0.143. The number of rotatable bonds is 0. The molecule has 0 spiro atoms. The van der Waals surface area contributed by atoms with Gasteiger partial charge in [0, 0.05) is 22.4 Å². The molecule has 5 heavy (non-hydrogen) atoms. The molecule has 0 N–H and O–H groups in total. The number of hydrogen-bond donors (Lipinski definition) is 0. The van der Waals surface area contributed by atoms with Gasteiger partial charge < -0.3 is 0 Å². The van der Waals surface area contributed by atoms with Crippen molar-refractivity contribution in [3.8, 4) is 0 Å². The first-order valence-corrected chi connectivity index (χ1v) is 31.5. The third-order valence-electron chi connectivity index (χ3n) is 0. The third kappa shape index (κ3) is 18.5. The van der Waals surface area contributed by atoms with Gasteiger partial charge in [-0.15, -0.1) is 0 Å². The molecule has 0 aliphatic rings. The van der Waals surface area contributed by atoms with E-state index in [1.807, 2.05) is 0 Å². The molecule has 0 rings (SSSR count). The van der Waals surface area contributed by atoms with Crippen LogP contribution in [0.3, 0.4) is 0 Å². The monoisotopic (exact) mass is 597 g/mol. The zero-order chi connectivity index (χ0) is 2.71. The van der Waals surface area contributed by atoms with Crippen LogP contribution in [0.1, 0.15) is 0 Å². The second-order valence-corrected chi connectivity index (χ2v) is 39.9. The van der Waals surface area contributed by atoms with Crippen molar-refractivity contribution in [2.45, 2.75) is 0 Å². The predicted octanol–water partition coefficient (Wildman–Crippen LogP) is 1.88. The molecule has 5 heteroatoms. The molecule has 0 aromatic rings. The molecular weight excluding hydrogens is 594 g/mol. The molecule has 0 heterocycles. The Bertz CT molecular complexity index is 9.61. The fourth-order valence-electron chi connectivity index (χ4n) is 0. The molecule has 35 valence electrons. The quantitative estimate of drug-likeness (QED) is 0.296. The summed E-state index contributed by atoms with van der Waals surface area (Å²) in [6, 6.07) is 0. The van der Waals surface area contributed by atoms with Crippen LogP contribution in [0.2, 0.25) is 0 Å².